The molecule has 144 valence electrons. The molecule has 0 aliphatic heterocycles. The van der Waals surface area contributed by atoms with Crippen molar-refractivity contribution in [2.45, 2.75) is 18.9 Å². The van der Waals surface area contributed by atoms with Gasteiger partial charge >= 0.3 is 36.3 Å². The van der Waals surface area contributed by atoms with Gasteiger partial charge in [0.2, 0.25) is 0 Å². The lowest BCUT2D eigenvalue weighted by molar-refractivity contribution is -0.140. The molecular formula is C10H17N3O12. The highest BCUT2D eigenvalue weighted by molar-refractivity contribution is 5.85. The van der Waals surface area contributed by atoms with Crippen LogP contribution in [0.1, 0.15) is 12.8 Å². The van der Waals surface area contributed by atoms with Crippen LogP contribution in [0.5, 0.6) is 0 Å². The number of carboxylic acids is 2. The standard InChI is InChI=1S/C6H11NO4.2C2H3NO4/c1-7-4(6(10)11)2-3-5(8)9;2*4-1(5)3-2(6)7/h4,7H,2-3H2,1H3,(H,8,9)(H,10,11);2*3H,(H,4,5)(H,6,7)/t4-;;/m0../s1. The Balaban J connectivity index is -0.000000304. The molecule has 0 aliphatic rings. The van der Waals surface area contributed by atoms with Crippen LogP contribution >= 0.6 is 0 Å². The first-order valence-corrected chi connectivity index (χ1v) is 5.91. The molecule has 15 nitrogen and oxygen atoms in total. The molecule has 0 saturated heterocycles. The van der Waals surface area contributed by atoms with Crippen molar-refractivity contribution in [2.24, 2.45) is 0 Å². The Kier molecular flexibility index (Phi) is 16.1. The smallest absolute Gasteiger partial charge is 0.414 e. The van der Waals surface area contributed by atoms with Crippen LogP contribution in [0.4, 0.5) is 19.2 Å². The van der Waals surface area contributed by atoms with Crippen LogP contribution in [0.25, 0.3) is 0 Å². The second-order valence-electron chi connectivity index (χ2n) is 3.58. The third-order valence-electron chi connectivity index (χ3n) is 1.72. The minimum Gasteiger partial charge on any atom is -0.481 e. The van der Waals surface area contributed by atoms with Crippen molar-refractivity contribution in [2.75, 3.05) is 7.05 Å². The molecule has 15 heteroatoms. The fourth-order valence-corrected chi connectivity index (χ4v) is 0.842. The van der Waals surface area contributed by atoms with Crippen molar-refractivity contribution in [3.05, 3.63) is 0 Å². The van der Waals surface area contributed by atoms with Crippen LogP contribution in [-0.2, 0) is 9.59 Å². The molecule has 0 radical (unpaired) electrons. The average molecular weight is 371 g/mol. The largest absolute Gasteiger partial charge is 0.481 e. The molecule has 0 spiro atoms. The Morgan fingerprint density at radius 2 is 1.04 bits per heavy atom. The molecule has 0 aromatic carbocycles. The highest BCUT2D eigenvalue weighted by Gasteiger charge is 2.15. The Morgan fingerprint density at radius 1 is 0.720 bits per heavy atom. The van der Waals surface area contributed by atoms with E-state index in [0.717, 1.165) is 10.6 Å². The van der Waals surface area contributed by atoms with Crippen molar-refractivity contribution in [3.63, 3.8) is 0 Å². The van der Waals surface area contributed by atoms with Gasteiger partial charge < -0.3 is 36.0 Å². The molecule has 0 fully saturated rings. The molecule has 0 bridgehead atoms. The fourth-order valence-electron chi connectivity index (χ4n) is 0.842. The van der Waals surface area contributed by atoms with Gasteiger partial charge in [-0.15, -0.1) is 0 Å². The summed E-state index contributed by atoms with van der Waals surface area (Å²) >= 11 is 0. The molecule has 0 aromatic rings. The Hall–Kier alpha value is -3.62. The van der Waals surface area contributed by atoms with E-state index in [-0.39, 0.29) is 12.8 Å². The number of imide groups is 2. The van der Waals surface area contributed by atoms with Crippen LogP contribution in [-0.4, -0.2) is 80.0 Å². The first-order valence-electron chi connectivity index (χ1n) is 5.91. The van der Waals surface area contributed by atoms with Gasteiger partial charge in [-0.05, 0) is 13.5 Å². The molecular weight excluding hydrogens is 354 g/mol. The lowest BCUT2D eigenvalue weighted by atomic mass is 10.1. The van der Waals surface area contributed by atoms with Gasteiger partial charge in [0.25, 0.3) is 0 Å². The molecule has 0 saturated carbocycles. The minimum atomic E-state index is -1.56. The van der Waals surface area contributed by atoms with E-state index in [1.54, 1.807) is 0 Å². The van der Waals surface area contributed by atoms with Crippen molar-refractivity contribution in [1.82, 2.24) is 16.0 Å². The summed E-state index contributed by atoms with van der Waals surface area (Å²) in [5.41, 5.74) is 0. The summed E-state index contributed by atoms with van der Waals surface area (Å²) in [6.07, 6.45) is -6.26. The van der Waals surface area contributed by atoms with Gasteiger partial charge in [0, 0.05) is 6.42 Å². The van der Waals surface area contributed by atoms with Gasteiger partial charge in [0.1, 0.15) is 6.04 Å². The molecule has 0 unspecified atom stereocenters. The van der Waals surface area contributed by atoms with Crippen LogP contribution in [0, 0.1) is 0 Å². The Morgan fingerprint density at radius 3 is 1.16 bits per heavy atom. The highest BCUT2D eigenvalue weighted by atomic mass is 16.4. The quantitative estimate of drug-likeness (QED) is 0.292. The zero-order valence-corrected chi connectivity index (χ0v) is 12.6. The van der Waals surface area contributed by atoms with E-state index in [4.69, 9.17) is 30.6 Å². The second-order valence-corrected chi connectivity index (χ2v) is 3.58. The fraction of sp³-hybridized carbons (Fsp3) is 0.400. The number of hydrogen-bond donors (Lipinski definition) is 9. The molecule has 9 N–H and O–H groups in total. The summed E-state index contributed by atoms with van der Waals surface area (Å²) in [6.45, 7) is 0. The monoisotopic (exact) mass is 371 g/mol. The highest BCUT2D eigenvalue weighted by Crippen LogP contribution is 1.96. The van der Waals surface area contributed by atoms with Gasteiger partial charge in [-0.25, -0.2) is 29.8 Å². The van der Waals surface area contributed by atoms with E-state index in [9.17, 15) is 28.8 Å². The topological polar surface area (TPSA) is 260 Å². The second kappa shape index (κ2) is 15.3. The van der Waals surface area contributed by atoms with Crippen LogP contribution in [0.15, 0.2) is 0 Å². The number of aliphatic carboxylic acids is 2. The predicted octanol–water partition coefficient (Wildman–Crippen LogP) is -0.612. The Bertz CT molecular complexity index is 442. The minimum absolute atomic E-state index is 0.112. The van der Waals surface area contributed by atoms with E-state index in [2.05, 4.69) is 5.32 Å². The third-order valence-corrected chi connectivity index (χ3v) is 1.72. The van der Waals surface area contributed by atoms with Crippen molar-refractivity contribution < 1.29 is 59.4 Å². The zero-order valence-electron chi connectivity index (χ0n) is 12.6. The van der Waals surface area contributed by atoms with Crippen molar-refractivity contribution >= 4 is 36.3 Å². The lowest BCUT2D eigenvalue weighted by Gasteiger charge is -2.07. The summed E-state index contributed by atoms with van der Waals surface area (Å²) in [4.78, 5) is 57.6. The van der Waals surface area contributed by atoms with Crippen molar-refractivity contribution in [3.8, 4) is 0 Å². The molecule has 1 atom stereocenters. The maximum absolute atomic E-state index is 10.3. The summed E-state index contributed by atoms with van der Waals surface area (Å²) in [7, 11) is 1.49. The number of carboxylic acid groups (broad SMARTS) is 6. The molecule has 4 amide bonds. The van der Waals surface area contributed by atoms with Crippen LogP contribution in [0.3, 0.4) is 0 Å². The maximum atomic E-state index is 10.3. The normalized spacial score (nSPS) is 9.64. The SMILES string of the molecule is CN[C@@H](CCC(=O)O)C(=O)O.O=C(O)NC(=O)O.O=C(O)NC(=O)O. The van der Waals surface area contributed by atoms with Crippen LogP contribution in [0.2, 0.25) is 0 Å². The van der Waals surface area contributed by atoms with Gasteiger partial charge in [-0.1, -0.05) is 0 Å². The molecule has 0 aromatic heterocycles. The van der Waals surface area contributed by atoms with E-state index >= 15 is 0 Å². The number of amides is 4. The molecule has 0 aliphatic carbocycles. The summed E-state index contributed by atoms with van der Waals surface area (Å²) < 4.78 is 0. The number of carbonyl (C=O) groups is 6. The van der Waals surface area contributed by atoms with E-state index in [1.165, 1.54) is 7.05 Å². The molecule has 25 heavy (non-hydrogen) atoms. The lowest BCUT2D eigenvalue weighted by Crippen LogP contribution is -2.34. The van der Waals surface area contributed by atoms with E-state index < -0.39 is 42.4 Å². The first-order chi connectivity index (χ1) is 11.3. The number of likely N-dealkylation sites (N-methyl/N-ethyl adjacent to an activating group) is 1. The summed E-state index contributed by atoms with van der Waals surface area (Å²) in [6, 6.07) is -0.758. The van der Waals surface area contributed by atoms with Gasteiger partial charge in [0.05, 0.1) is 0 Å². The average Bonchev–Trinajstić information content (AvgIpc) is 2.36. The maximum Gasteiger partial charge on any atom is 0.414 e. The third kappa shape index (κ3) is 29.1. The van der Waals surface area contributed by atoms with Crippen LogP contribution < -0.4 is 16.0 Å². The zero-order chi connectivity index (χ0) is 20.6. The number of rotatable bonds is 5. The van der Waals surface area contributed by atoms with Gasteiger partial charge in [-0.2, -0.15) is 0 Å². The first kappa shape index (κ1) is 26.3. The summed E-state index contributed by atoms with van der Waals surface area (Å²) in [5, 5.41) is 51.8. The molecule has 0 rings (SSSR count). The molecule has 0 heterocycles. The van der Waals surface area contributed by atoms with E-state index in [1.807, 2.05) is 0 Å². The predicted molar refractivity (Wildman–Crippen MR) is 75.7 cm³/mol. The van der Waals surface area contributed by atoms with Gasteiger partial charge in [-0.3, -0.25) is 9.59 Å². The summed E-state index contributed by atoms with van der Waals surface area (Å²) in [5.74, 6) is -2.00. The van der Waals surface area contributed by atoms with Crippen molar-refractivity contribution in [1.29, 1.82) is 0 Å². The number of hydrogen-bond acceptors (Lipinski definition) is 7. The number of nitrogens with one attached hydrogen (secondary N) is 3. The Labute approximate surface area is 138 Å². The van der Waals surface area contributed by atoms with E-state index in [0.29, 0.717) is 0 Å². The van der Waals surface area contributed by atoms with Gasteiger partial charge in [0.15, 0.2) is 0 Å².